The lowest BCUT2D eigenvalue weighted by Gasteiger charge is -2.12. The van der Waals surface area contributed by atoms with Gasteiger partial charge in [-0.1, -0.05) is 13.3 Å². The average Bonchev–Trinajstić information content (AvgIpc) is 1.90. The Hall–Kier alpha value is -0.570. The standard InChI is InChI=1S/C7H16N2O/c1-2-3-7(4-5-8)9-6-10/h6-7H,2-5,8H2,1H3,(H,9,10)/t7-/m1/s1. The number of hydrogen-bond acceptors (Lipinski definition) is 2. The Morgan fingerprint density at radius 3 is 2.70 bits per heavy atom. The first-order valence-corrected chi connectivity index (χ1v) is 3.74. The molecule has 0 rings (SSSR count). The third kappa shape index (κ3) is 4.32. The molecule has 3 nitrogen and oxygen atoms in total. The first-order valence-electron chi connectivity index (χ1n) is 3.74. The van der Waals surface area contributed by atoms with Crippen LogP contribution in [0.15, 0.2) is 0 Å². The summed E-state index contributed by atoms with van der Waals surface area (Å²) in [6, 6.07) is 0.285. The van der Waals surface area contributed by atoms with Gasteiger partial charge in [0.05, 0.1) is 0 Å². The number of nitrogens with two attached hydrogens (primary N) is 1. The summed E-state index contributed by atoms with van der Waals surface area (Å²) in [4.78, 5) is 10.0. The Balaban J connectivity index is 3.38. The maximum absolute atomic E-state index is 10.0. The van der Waals surface area contributed by atoms with Gasteiger partial charge in [0.1, 0.15) is 0 Å². The van der Waals surface area contributed by atoms with E-state index in [4.69, 9.17) is 5.73 Å². The second-order valence-electron chi connectivity index (χ2n) is 2.35. The predicted octanol–water partition coefficient (Wildman–Crippen LogP) is 0.250. The molecule has 3 heteroatoms. The fourth-order valence-electron chi connectivity index (χ4n) is 0.957. The largest absolute Gasteiger partial charge is 0.356 e. The van der Waals surface area contributed by atoms with Crippen molar-refractivity contribution in [3.63, 3.8) is 0 Å². The Morgan fingerprint density at radius 1 is 1.60 bits per heavy atom. The number of amides is 1. The molecule has 0 radical (unpaired) electrons. The van der Waals surface area contributed by atoms with Crippen LogP contribution >= 0.6 is 0 Å². The van der Waals surface area contributed by atoms with Gasteiger partial charge in [-0.25, -0.2) is 0 Å². The molecule has 10 heavy (non-hydrogen) atoms. The predicted molar refractivity (Wildman–Crippen MR) is 41.6 cm³/mol. The quantitative estimate of drug-likeness (QED) is 0.525. The molecule has 0 aliphatic carbocycles. The Kier molecular flexibility index (Phi) is 6.18. The van der Waals surface area contributed by atoms with E-state index in [-0.39, 0.29) is 6.04 Å². The van der Waals surface area contributed by atoms with Gasteiger partial charge in [-0.3, -0.25) is 4.79 Å². The second kappa shape index (κ2) is 6.55. The summed E-state index contributed by atoms with van der Waals surface area (Å²) in [7, 11) is 0. The van der Waals surface area contributed by atoms with Gasteiger partial charge in [0.25, 0.3) is 0 Å². The van der Waals surface area contributed by atoms with Crippen molar-refractivity contribution >= 4 is 6.41 Å². The van der Waals surface area contributed by atoms with Crippen LogP contribution in [0.1, 0.15) is 26.2 Å². The number of rotatable bonds is 6. The Labute approximate surface area is 62.0 Å². The summed E-state index contributed by atoms with van der Waals surface area (Å²) in [5.74, 6) is 0. The van der Waals surface area contributed by atoms with Gasteiger partial charge in [-0.05, 0) is 19.4 Å². The van der Waals surface area contributed by atoms with Gasteiger partial charge in [-0.15, -0.1) is 0 Å². The van der Waals surface area contributed by atoms with Crippen LogP contribution in [0.4, 0.5) is 0 Å². The van der Waals surface area contributed by atoms with E-state index < -0.39 is 0 Å². The van der Waals surface area contributed by atoms with Crippen molar-refractivity contribution in [2.45, 2.75) is 32.2 Å². The van der Waals surface area contributed by atoms with Crippen LogP contribution < -0.4 is 11.1 Å². The molecule has 0 aliphatic heterocycles. The van der Waals surface area contributed by atoms with Crippen molar-refractivity contribution < 1.29 is 4.79 Å². The summed E-state index contributed by atoms with van der Waals surface area (Å²) in [5.41, 5.74) is 5.33. The van der Waals surface area contributed by atoms with E-state index in [0.29, 0.717) is 6.54 Å². The SMILES string of the molecule is CCC[C@H](CCN)NC=O. The van der Waals surface area contributed by atoms with Gasteiger partial charge in [0.15, 0.2) is 0 Å². The molecule has 0 saturated carbocycles. The molecule has 0 saturated heterocycles. The zero-order valence-electron chi connectivity index (χ0n) is 6.47. The van der Waals surface area contributed by atoms with Gasteiger partial charge in [-0.2, -0.15) is 0 Å². The maximum atomic E-state index is 10.0. The molecular weight excluding hydrogens is 128 g/mol. The average molecular weight is 144 g/mol. The number of hydrogen-bond donors (Lipinski definition) is 2. The highest BCUT2D eigenvalue weighted by atomic mass is 16.1. The first kappa shape index (κ1) is 9.43. The van der Waals surface area contributed by atoms with Crippen molar-refractivity contribution in [3.8, 4) is 0 Å². The Bertz CT molecular complexity index is 79.7. The lowest BCUT2D eigenvalue weighted by Crippen LogP contribution is -2.29. The summed E-state index contributed by atoms with van der Waals surface area (Å²) in [5, 5.41) is 2.72. The summed E-state index contributed by atoms with van der Waals surface area (Å²) < 4.78 is 0. The van der Waals surface area contributed by atoms with Gasteiger partial charge in [0.2, 0.25) is 6.41 Å². The van der Waals surface area contributed by atoms with E-state index in [9.17, 15) is 4.79 Å². The molecule has 0 bridgehead atoms. The van der Waals surface area contributed by atoms with E-state index in [2.05, 4.69) is 12.2 Å². The van der Waals surface area contributed by atoms with Gasteiger partial charge >= 0.3 is 0 Å². The van der Waals surface area contributed by atoms with E-state index in [1.807, 2.05) is 0 Å². The van der Waals surface area contributed by atoms with E-state index in [1.54, 1.807) is 0 Å². The van der Waals surface area contributed by atoms with E-state index in [1.165, 1.54) is 0 Å². The van der Waals surface area contributed by atoms with Crippen molar-refractivity contribution in [2.75, 3.05) is 6.54 Å². The van der Waals surface area contributed by atoms with Crippen molar-refractivity contribution in [3.05, 3.63) is 0 Å². The van der Waals surface area contributed by atoms with E-state index >= 15 is 0 Å². The molecule has 0 heterocycles. The first-order chi connectivity index (χ1) is 4.85. The van der Waals surface area contributed by atoms with Crippen LogP contribution in [-0.2, 0) is 4.79 Å². The lowest BCUT2D eigenvalue weighted by molar-refractivity contribution is -0.110. The molecule has 1 amide bonds. The highest BCUT2D eigenvalue weighted by Crippen LogP contribution is 1.98. The molecule has 60 valence electrons. The van der Waals surface area contributed by atoms with Gasteiger partial charge in [0, 0.05) is 6.04 Å². The second-order valence-corrected chi connectivity index (χ2v) is 2.35. The lowest BCUT2D eigenvalue weighted by atomic mass is 10.1. The Morgan fingerprint density at radius 2 is 2.30 bits per heavy atom. The van der Waals surface area contributed by atoms with Gasteiger partial charge < -0.3 is 11.1 Å². The number of nitrogens with one attached hydrogen (secondary N) is 1. The minimum absolute atomic E-state index is 0.285. The summed E-state index contributed by atoms with van der Waals surface area (Å²) >= 11 is 0. The van der Waals surface area contributed by atoms with Crippen molar-refractivity contribution in [1.29, 1.82) is 0 Å². The molecule has 0 aromatic heterocycles. The highest BCUT2D eigenvalue weighted by Gasteiger charge is 2.02. The number of carbonyl (C=O) groups is 1. The molecule has 0 aliphatic rings. The highest BCUT2D eigenvalue weighted by molar-refractivity contribution is 5.46. The van der Waals surface area contributed by atoms with Crippen LogP contribution in [0, 0.1) is 0 Å². The van der Waals surface area contributed by atoms with Crippen LogP contribution in [0.2, 0.25) is 0 Å². The third-order valence-electron chi connectivity index (χ3n) is 1.46. The van der Waals surface area contributed by atoms with Crippen molar-refractivity contribution in [1.82, 2.24) is 5.32 Å². The fourth-order valence-corrected chi connectivity index (χ4v) is 0.957. The monoisotopic (exact) mass is 144 g/mol. The van der Waals surface area contributed by atoms with Crippen LogP contribution in [-0.4, -0.2) is 19.0 Å². The molecule has 0 unspecified atom stereocenters. The van der Waals surface area contributed by atoms with Crippen LogP contribution in [0.5, 0.6) is 0 Å². The molecule has 0 aromatic carbocycles. The topological polar surface area (TPSA) is 55.1 Å². The number of carbonyl (C=O) groups excluding carboxylic acids is 1. The fraction of sp³-hybridized carbons (Fsp3) is 0.857. The molecule has 0 spiro atoms. The zero-order chi connectivity index (χ0) is 7.82. The van der Waals surface area contributed by atoms with Crippen LogP contribution in [0.25, 0.3) is 0 Å². The molecular formula is C7H16N2O. The molecule has 0 aromatic rings. The summed E-state index contributed by atoms with van der Waals surface area (Å²) in [6.07, 6.45) is 3.74. The maximum Gasteiger partial charge on any atom is 0.207 e. The minimum atomic E-state index is 0.285. The van der Waals surface area contributed by atoms with Crippen LogP contribution in [0.3, 0.4) is 0 Å². The van der Waals surface area contributed by atoms with E-state index in [0.717, 1.165) is 25.7 Å². The zero-order valence-corrected chi connectivity index (χ0v) is 6.47. The normalized spacial score (nSPS) is 12.6. The molecule has 0 fully saturated rings. The molecule has 3 N–H and O–H groups in total. The minimum Gasteiger partial charge on any atom is -0.356 e. The van der Waals surface area contributed by atoms with Crippen molar-refractivity contribution in [2.24, 2.45) is 5.73 Å². The summed E-state index contributed by atoms with van der Waals surface area (Å²) in [6.45, 7) is 2.74. The molecule has 1 atom stereocenters. The third-order valence-corrected chi connectivity index (χ3v) is 1.46. The smallest absolute Gasteiger partial charge is 0.207 e.